The molecule has 34 heavy (non-hydrogen) atoms. The zero-order valence-corrected chi connectivity index (χ0v) is 21.2. The molecule has 188 valence electrons. The average molecular weight is 502 g/mol. The molecule has 10 heteroatoms. The number of nitrogens with zero attached hydrogens (tertiary/aromatic N) is 3. The zero-order valence-electron chi connectivity index (χ0n) is 20.5. The maximum atomic E-state index is 12.9. The van der Waals surface area contributed by atoms with E-state index in [1.807, 2.05) is 34.6 Å². The van der Waals surface area contributed by atoms with Gasteiger partial charge in [-0.3, -0.25) is 0 Å². The van der Waals surface area contributed by atoms with Crippen molar-refractivity contribution in [2.24, 2.45) is 5.92 Å². The maximum absolute atomic E-state index is 12.9. The minimum Gasteiger partial charge on any atom is -0.488 e. The summed E-state index contributed by atoms with van der Waals surface area (Å²) in [4.78, 5) is 21.1. The van der Waals surface area contributed by atoms with Crippen LogP contribution in [0.2, 0.25) is 5.02 Å². The van der Waals surface area contributed by atoms with E-state index in [1.165, 1.54) is 17.0 Å². The van der Waals surface area contributed by atoms with E-state index in [0.717, 1.165) is 6.20 Å². The van der Waals surface area contributed by atoms with Crippen molar-refractivity contribution < 1.29 is 27.4 Å². The molecule has 0 radical (unpaired) electrons. The van der Waals surface area contributed by atoms with Crippen LogP contribution in [0.15, 0.2) is 30.5 Å². The quantitative estimate of drug-likeness (QED) is 0.414. The number of hydrogen-bond donors (Lipinski definition) is 0. The van der Waals surface area contributed by atoms with Gasteiger partial charge < -0.3 is 14.4 Å². The second kappa shape index (κ2) is 10.4. The number of ether oxygens (including phenoxy) is 2. The molecule has 0 spiro atoms. The molecule has 1 aromatic carbocycles. The van der Waals surface area contributed by atoms with E-state index in [0.29, 0.717) is 17.7 Å². The lowest BCUT2D eigenvalue weighted by atomic mass is 9.95. The second-order valence-corrected chi connectivity index (χ2v) is 10.3. The van der Waals surface area contributed by atoms with E-state index in [4.69, 9.17) is 21.1 Å². The van der Waals surface area contributed by atoms with Gasteiger partial charge >= 0.3 is 12.3 Å². The van der Waals surface area contributed by atoms with Crippen LogP contribution in [0.1, 0.15) is 53.8 Å². The van der Waals surface area contributed by atoms with Crippen molar-refractivity contribution in [3.63, 3.8) is 0 Å². The van der Waals surface area contributed by atoms with Crippen LogP contribution in [0.4, 0.5) is 18.0 Å². The summed E-state index contributed by atoms with van der Waals surface area (Å²) in [5, 5.41) is 0.190. The summed E-state index contributed by atoms with van der Waals surface area (Å²) in [5.74, 6) is -0.696. The molecule has 2 aromatic rings. The van der Waals surface area contributed by atoms with E-state index >= 15 is 0 Å². The van der Waals surface area contributed by atoms with Crippen LogP contribution in [-0.2, 0) is 10.9 Å². The first kappa shape index (κ1) is 27.7. The molecule has 0 saturated heterocycles. The minimum absolute atomic E-state index is 0.0414. The third-order valence-electron chi connectivity index (χ3n) is 5.12. The Kier molecular flexibility index (Phi) is 8.45. The Bertz CT molecular complexity index is 1010. The topological polar surface area (TPSA) is 64.6 Å². The number of amides is 1. The highest BCUT2D eigenvalue weighted by molar-refractivity contribution is 6.32. The lowest BCUT2D eigenvalue weighted by molar-refractivity contribution is -0.144. The highest BCUT2D eigenvalue weighted by Gasteiger charge is 2.36. The van der Waals surface area contributed by atoms with Crippen LogP contribution in [0, 0.1) is 5.92 Å². The van der Waals surface area contributed by atoms with Crippen molar-refractivity contribution in [2.75, 3.05) is 13.7 Å². The van der Waals surface area contributed by atoms with E-state index in [1.54, 1.807) is 26.1 Å². The first-order chi connectivity index (χ1) is 15.5. The van der Waals surface area contributed by atoms with E-state index < -0.39 is 29.2 Å². The normalized spacial score (nSPS) is 14.0. The maximum Gasteiger partial charge on any atom is 0.451 e. The number of benzene rings is 1. The van der Waals surface area contributed by atoms with Crippen LogP contribution in [0.3, 0.4) is 0 Å². The Morgan fingerprint density at radius 1 is 1.15 bits per heavy atom. The summed E-state index contributed by atoms with van der Waals surface area (Å²) in [6, 6.07) is 5.94. The van der Waals surface area contributed by atoms with Crippen LogP contribution in [0.25, 0.3) is 11.3 Å². The lowest BCUT2D eigenvalue weighted by Crippen LogP contribution is -2.48. The van der Waals surface area contributed by atoms with Gasteiger partial charge in [-0.2, -0.15) is 13.2 Å². The molecule has 0 bridgehead atoms. The van der Waals surface area contributed by atoms with Gasteiger partial charge in [0, 0.05) is 24.3 Å². The van der Waals surface area contributed by atoms with Gasteiger partial charge in [-0.05, 0) is 64.3 Å². The molecule has 0 aliphatic rings. The Balaban J connectivity index is 2.21. The highest BCUT2D eigenvalue weighted by Crippen LogP contribution is 2.33. The number of carbonyl (C=O) groups is 1. The SMILES string of the molecule is CC(C)C[C@@](C)(COc1ccc(-c2ccnc(C(F)(F)F)n2)cc1Cl)OC(=O)N(C)C(C)(C)C. The van der Waals surface area contributed by atoms with Crippen LogP contribution < -0.4 is 4.74 Å². The number of rotatable bonds is 7. The van der Waals surface area contributed by atoms with Crippen LogP contribution in [0.5, 0.6) is 5.75 Å². The Morgan fingerprint density at radius 2 is 1.79 bits per heavy atom. The summed E-state index contributed by atoms with van der Waals surface area (Å²) in [7, 11) is 1.67. The van der Waals surface area contributed by atoms with Gasteiger partial charge in [-0.25, -0.2) is 14.8 Å². The standard InChI is InChI=1S/C24H31ClF3N3O3/c1-15(2)13-23(6,34-21(32)31(7)22(3,4)5)14-33-19-9-8-16(12-17(19)25)18-10-11-29-20(30-18)24(26,27)28/h8-12,15H,13-14H2,1-7H3/t23-/m0/s1. The first-order valence-electron chi connectivity index (χ1n) is 10.8. The predicted molar refractivity (Wildman–Crippen MR) is 125 cm³/mol. The minimum atomic E-state index is -4.65. The van der Waals surface area contributed by atoms with Gasteiger partial charge in [0.25, 0.3) is 0 Å². The largest absolute Gasteiger partial charge is 0.488 e. The van der Waals surface area contributed by atoms with Gasteiger partial charge in [-0.15, -0.1) is 0 Å². The predicted octanol–water partition coefficient (Wildman–Crippen LogP) is 6.87. The summed E-state index contributed by atoms with van der Waals surface area (Å²) in [6.07, 6.45) is -3.52. The second-order valence-electron chi connectivity index (χ2n) is 9.84. The number of hydrogen-bond acceptors (Lipinski definition) is 5. The van der Waals surface area contributed by atoms with Gasteiger partial charge in [0.1, 0.15) is 18.0 Å². The van der Waals surface area contributed by atoms with Crippen molar-refractivity contribution in [3.05, 3.63) is 41.3 Å². The molecular weight excluding hydrogens is 471 g/mol. The molecule has 2 rings (SSSR count). The fourth-order valence-corrected chi connectivity index (χ4v) is 3.45. The molecule has 0 aliphatic carbocycles. The Morgan fingerprint density at radius 3 is 2.32 bits per heavy atom. The van der Waals surface area contributed by atoms with Gasteiger partial charge in [0.05, 0.1) is 10.7 Å². The smallest absolute Gasteiger partial charge is 0.451 e. The monoisotopic (exact) mass is 501 g/mol. The van der Waals surface area contributed by atoms with Gasteiger partial charge in [0.2, 0.25) is 5.82 Å². The van der Waals surface area contributed by atoms with Crippen molar-refractivity contribution in [1.29, 1.82) is 0 Å². The molecule has 0 fully saturated rings. The number of alkyl halides is 3. The molecule has 1 amide bonds. The number of aromatic nitrogens is 2. The fraction of sp³-hybridized carbons (Fsp3) is 0.542. The molecular formula is C24H31ClF3N3O3. The van der Waals surface area contributed by atoms with Gasteiger partial charge in [0.15, 0.2) is 0 Å². The molecule has 0 saturated carbocycles. The van der Waals surface area contributed by atoms with Crippen molar-refractivity contribution >= 4 is 17.7 Å². The Labute approximate surface area is 203 Å². The van der Waals surface area contributed by atoms with Crippen molar-refractivity contribution in [2.45, 2.75) is 65.3 Å². The van der Waals surface area contributed by atoms with Crippen LogP contribution in [-0.4, -0.2) is 45.8 Å². The Hall–Kier alpha value is -2.55. The van der Waals surface area contributed by atoms with Crippen molar-refractivity contribution in [3.8, 4) is 17.0 Å². The average Bonchev–Trinajstić information content (AvgIpc) is 2.70. The molecule has 1 atom stereocenters. The number of halogens is 4. The fourth-order valence-electron chi connectivity index (χ4n) is 3.21. The molecule has 0 aliphatic heterocycles. The summed E-state index contributed by atoms with van der Waals surface area (Å²) < 4.78 is 50.5. The highest BCUT2D eigenvalue weighted by atomic mass is 35.5. The van der Waals surface area contributed by atoms with E-state index in [-0.39, 0.29) is 23.2 Å². The third kappa shape index (κ3) is 7.48. The molecule has 6 nitrogen and oxygen atoms in total. The summed E-state index contributed by atoms with van der Waals surface area (Å²) in [6.45, 7) is 11.6. The molecule has 0 N–H and O–H groups in total. The van der Waals surface area contributed by atoms with E-state index in [9.17, 15) is 18.0 Å². The first-order valence-corrected chi connectivity index (χ1v) is 11.2. The van der Waals surface area contributed by atoms with Crippen molar-refractivity contribution in [1.82, 2.24) is 14.9 Å². The van der Waals surface area contributed by atoms with Crippen LogP contribution >= 0.6 is 11.6 Å². The lowest BCUT2D eigenvalue weighted by Gasteiger charge is -2.37. The number of carbonyl (C=O) groups excluding carboxylic acids is 1. The van der Waals surface area contributed by atoms with Gasteiger partial charge in [-0.1, -0.05) is 25.4 Å². The zero-order chi connectivity index (χ0) is 25.9. The molecule has 1 aromatic heterocycles. The molecule has 1 heterocycles. The van der Waals surface area contributed by atoms with E-state index in [2.05, 4.69) is 9.97 Å². The molecule has 0 unspecified atom stereocenters. The summed E-state index contributed by atoms with van der Waals surface area (Å²) in [5.41, 5.74) is -0.878. The third-order valence-corrected chi connectivity index (χ3v) is 5.42. The summed E-state index contributed by atoms with van der Waals surface area (Å²) >= 11 is 6.35.